The van der Waals surface area contributed by atoms with Crippen LogP contribution in [0.1, 0.15) is 0 Å². The molecule has 4 nitrogen and oxygen atoms in total. The monoisotopic (exact) mass is 169 g/mol. The molecule has 0 atom stereocenters. The summed E-state index contributed by atoms with van der Waals surface area (Å²) < 4.78 is 4.97. The van der Waals surface area contributed by atoms with Crippen molar-refractivity contribution in [1.29, 1.82) is 0 Å². The minimum atomic E-state index is -0.434. The molecule has 0 bridgehead atoms. The van der Waals surface area contributed by atoms with Gasteiger partial charge in [0.05, 0.1) is 4.92 Å². The molecule has 5 heteroatoms. The number of rotatable bonds is 2. The van der Waals surface area contributed by atoms with Crippen molar-refractivity contribution in [3.8, 4) is 5.75 Å². The predicted octanol–water partition coefficient (Wildman–Crippen LogP) is 0.254. The van der Waals surface area contributed by atoms with E-state index >= 15 is 0 Å². The van der Waals surface area contributed by atoms with Crippen molar-refractivity contribution in [3.05, 3.63) is 34.4 Å². The van der Waals surface area contributed by atoms with Gasteiger partial charge >= 0.3 is 0 Å². The van der Waals surface area contributed by atoms with E-state index in [1.165, 1.54) is 12.1 Å². The second-order valence-corrected chi connectivity index (χ2v) is 2.36. The van der Waals surface area contributed by atoms with Gasteiger partial charge in [-0.1, -0.05) is 0 Å². The summed E-state index contributed by atoms with van der Waals surface area (Å²) in [4.78, 5) is 9.74. The summed E-state index contributed by atoms with van der Waals surface area (Å²) in [5.41, 5.74) is 0.0902. The number of benzene rings is 1. The summed E-state index contributed by atoms with van der Waals surface area (Å²) >= 11 is 0. The van der Waals surface area contributed by atoms with E-state index in [1.807, 2.05) is 0 Å². The van der Waals surface area contributed by atoms with Crippen LogP contribution in [-0.4, -0.2) is 15.4 Å². The number of hydrogen-bond acceptors (Lipinski definition) is 3. The van der Waals surface area contributed by atoms with Crippen LogP contribution in [0, 0.1) is 10.1 Å². The Morgan fingerprint density at radius 1 is 1.36 bits per heavy atom. The van der Waals surface area contributed by atoms with Crippen molar-refractivity contribution < 1.29 is 9.35 Å². The number of nitro benzene ring substituents is 1. The van der Waals surface area contributed by atoms with Crippen LogP contribution in [0.5, 0.6) is 5.75 Å². The third-order valence-electron chi connectivity index (χ3n) is 1.28. The topological polar surface area (TPSA) is 52.4 Å². The Hall–Kier alpha value is -1.36. The average Bonchev–Trinajstić information content (AvgIpc) is 2.05. The molecule has 1 rings (SSSR count). The Kier molecular flexibility index (Phi) is 2.22. The summed E-state index contributed by atoms with van der Waals surface area (Å²) in [6, 6.07) is 6.02. The fraction of sp³-hybridized carbons (Fsp3) is 0. The van der Waals surface area contributed by atoms with Crippen LogP contribution in [0.15, 0.2) is 24.3 Å². The van der Waals surface area contributed by atoms with Gasteiger partial charge in [-0.05, 0) is 12.1 Å². The fourth-order valence-corrected chi connectivity index (χ4v) is 0.976. The average molecular weight is 169 g/mol. The molecule has 0 heterocycles. The van der Waals surface area contributed by atoms with Crippen molar-refractivity contribution in [2.24, 2.45) is 0 Å². The van der Waals surface area contributed by atoms with Gasteiger partial charge in [-0.15, -0.1) is 0 Å². The molecule has 0 N–H and O–H groups in total. The molecule has 0 spiro atoms. The second kappa shape index (κ2) is 3.15. The maximum absolute atomic E-state index is 10.2. The first-order valence-electron chi connectivity index (χ1n) is 3.02. The fourth-order valence-electron chi connectivity index (χ4n) is 0.704. The molecule has 11 heavy (non-hydrogen) atoms. The molecule has 0 fully saturated rings. The maximum Gasteiger partial charge on any atom is 0.269 e. The summed E-state index contributed by atoms with van der Waals surface area (Å²) in [6.45, 7) is 0. The van der Waals surface area contributed by atoms with Crippen molar-refractivity contribution in [2.45, 2.75) is 0 Å². The Morgan fingerprint density at radius 3 is 2.27 bits per heavy atom. The van der Waals surface area contributed by atoms with Gasteiger partial charge in [0.2, 0.25) is 10.5 Å². The molecule has 58 valence electrons. The third kappa shape index (κ3) is 1.78. The Balaban J connectivity index is 2.91. The third-order valence-corrected chi connectivity index (χ3v) is 1.75. The molecule has 0 unspecified atom stereocenters. The highest BCUT2D eigenvalue weighted by molar-refractivity contribution is 5.99. The highest BCUT2D eigenvalue weighted by Gasteiger charge is 2.02. The van der Waals surface area contributed by atoms with Gasteiger partial charge in [0.1, 0.15) is 5.75 Å². The van der Waals surface area contributed by atoms with E-state index in [-0.39, 0.29) is 5.69 Å². The highest BCUT2D eigenvalue weighted by atomic mass is 28.2. The van der Waals surface area contributed by atoms with Gasteiger partial charge in [0.25, 0.3) is 5.69 Å². The first kappa shape index (κ1) is 7.74. The van der Waals surface area contributed by atoms with Gasteiger partial charge in [-0.25, -0.2) is 0 Å². The summed E-state index contributed by atoms with van der Waals surface area (Å²) in [5, 5.41) is 10.2. The van der Waals surface area contributed by atoms with Gasteiger partial charge in [0, 0.05) is 12.1 Å². The van der Waals surface area contributed by atoms with E-state index in [0.29, 0.717) is 16.2 Å². The van der Waals surface area contributed by atoms with E-state index < -0.39 is 4.92 Å². The standard InChI is InChI=1S/C6H7NO3Si/c8-7(9)5-1-3-6(10-11)4-2-5/h1-4H,11H3. The van der Waals surface area contributed by atoms with Crippen molar-refractivity contribution in [3.63, 3.8) is 0 Å². The van der Waals surface area contributed by atoms with Crippen molar-refractivity contribution in [1.82, 2.24) is 0 Å². The van der Waals surface area contributed by atoms with Crippen LogP contribution in [0.4, 0.5) is 5.69 Å². The van der Waals surface area contributed by atoms with Crippen LogP contribution in [0.2, 0.25) is 0 Å². The lowest BCUT2D eigenvalue weighted by molar-refractivity contribution is -0.384. The molecule has 1 aromatic rings. The predicted molar refractivity (Wildman–Crippen MR) is 43.7 cm³/mol. The molecule has 0 aromatic heterocycles. The zero-order valence-electron chi connectivity index (χ0n) is 5.98. The minimum Gasteiger partial charge on any atom is -0.553 e. The van der Waals surface area contributed by atoms with E-state index in [1.54, 1.807) is 12.1 Å². The van der Waals surface area contributed by atoms with Gasteiger partial charge in [0.15, 0.2) is 0 Å². The van der Waals surface area contributed by atoms with Crippen LogP contribution in [0.25, 0.3) is 0 Å². The molecule has 0 saturated carbocycles. The number of hydrogen-bond donors (Lipinski definition) is 0. The number of non-ortho nitro benzene ring substituents is 1. The molecule has 0 aliphatic carbocycles. The normalized spacial score (nSPS) is 9.45. The van der Waals surface area contributed by atoms with E-state index in [2.05, 4.69) is 0 Å². The van der Waals surface area contributed by atoms with Crippen molar-refractivity contribution in [2.75, 3.05) is 0 Å². The second-order valence-electron chi connectivity index (χ2n) is 1.96. The molecular weight excluding hydrogens is 162 g/mol. The van der Waals surface area contributed by atoms with E-state index in [0.717, 1.165) is 0 Å². The summed E-state index contributed by atoms with van der Waals surface area (Å²) in [5.74, 6) is 0.683. The molecule has 0 amide bonds. The highest BCUT2D eigenvalue weighted by Crippen LogP contribution is 2.15. The first-order valence-corrected chi connectivity index (χ1v) is 3.84. The summed E-state index contributed by atoms with van der Waals surface area (Å²) in [6.07, 6.45) is 0. The molecule has 1 aromatic carbocycles. The molecule has 0 radical (unpaired) electrons. The van der Waals surface area contributed by atoms with Crippen LogP contribution in [-0.2, 0) is 0 Å². The van der Waals surface area contributed by atoms with Gasteiger partial charge < -0.3 is 4.43 Å². The zero-order chi connectivity index (χ0) is 8.27. The number of nitro groups is 1. The quantitative estimate of drug-likeness (QED) is 0.362. The molecule has 0 saturated heterocycles. The lowest BCUT2D eigenvalue weighted by atomic mass is 10.3. The lowest BCUT2D eigenvalue weighted by Crippen LogP contribution is -1.88. The van der Waals surface area contributed by atoms with Crippen molar-refractivity contribution >= 4 is 16.2 Å². The Labute approximate surface area is 66.5 Å². The molecular formula is C6H7NO3Si. The van der Waals surface area contributed by atoms with Crippen LogP contribution < -0.4 is 4.43 Å². The molecule has 0 aliphatic rings. The summed E-state index contributed by atoms with van der Waals surface area (Å²) in [7, 11) is 0.601. The smallest absolute Gasteiger partial charge is 0.269 e. The number of nitrogens with zero attached hydrogens (tertiary/aromatic N) is 1. The molecule has 0 aliphatic heterocycles. The van der Waals surface area contributed by atoms with E-state index in [9.17, 15) is 10.1 Å². The SMILES string of the molecule is O=[N+]([O-])c1ccc(O[SiH3])cc1. The van der Waals surface area contributed by atoms with Gasteiger partial charge in [-0.2, -0.15) is 0 Å². The van der Waals surface area contributed by atoms with Crippen LogP contribution >= 0.6 is 0 Å². The minimum absolute atomic E-state index is 0.0902. The lowest BCUT2D eigenvalue weighted by Gasteiger charge is -1.97. The largest absolute Gasteiger partial charge is 0.553 e. The van der Waals surface area contributed by atoms with Gasteiger partial charge in [-0.3, -0.25) is 10.1 Å². The first-order chi connectivity index (χ1) is 5.24. The Morgan fingerprint density at radius 2 is 1.91 bits per heavy atom. The van der Waals surface area contributed by atoms with Crippen LogP contribution in [0.3, 0.4) is 0 Å². The van der Waals surface area contributed by atoms with E-state index in [4.69, 9.17) is 4.43 Å². The Bertz CT molecular complexity index is 259. The zero-order valence-corrected chi connectivity index (χ0v) is 7.98. The maximum atomic E-state index is 10.2.